The lowest BCUT2D eigenvalue weighted by molar-refractivity contribution is 0.0955. The van der Waals surface area contributed by atoms with E-state index in [0.717, 1.165) is 16.9 Å². The first-order valence-corrected chi connectivity index (χ1v) is 8.01. The number of hydrazone groups is 1. The molecule has 4 heteroatoms. The van der Waals surface area contributed by atoms with Crippen LogP contribution < -0.4 is 10.3 Å². The van der Waals surface area contributed by atoms with Crippen LogP contribution in [0, 0.1) is 0 Å². The van der Waals surface area contributed by atoms with E-state index in [2.05, 4.69) is 27.6 Å². The van der Waals surface area contributed by atoms with Gasteiger partial charge in [-0.1, -0.05) is 48.5 Å². The molecule has 0 saturated heterocycles. The quantitative estimate of drug-likeness (QED) is 0.563. The van der Waals surface area contributed by atoms with Crippen molar-refractivity contribution < 1.29 is 4.79 Å². The molecule has 25 heavy (non-hydrogen) atoms. The lowest BCUT2D eigenvalue weighted by Crippen LogP contribution is -2.17. The Morgan fingerprint density at radius 1 is 0.840 bits per heavy atom. The van der Waals surface area contributed by atoms with E-state index in [1.54, 1.807) is 18.3 Å². The molecule has 0 heterocycles. The van der Waals surface area contributed by atoms with Crippen LogP contribution in [0.15, 0.2) is 90.0 Å². The van der Waals surface area contributed by atoms with Gasteiger partial charge in [-0.25, -0.2) is 5.43 Å². The van der Waals surface area contributed by atoms with Gasteiger partial charge in [0.25, 0.3) is 5.91 Å². The van der Waals surface area contributed by atoms with E-state index in [-0.39, 0.29) is 5.91 Å². The third-order valence-corrected chi connectivity index (χ3v) is 3.84. The molecule has 3 aromatic carbocycles. The number of nitrogens with zero attached hydrogens (tertiary/aromatic N) is 2. The predicted octanol–water partition coefficient (Wildman–Crippen LogP) is 4.22. The normalized spacial score (nSPS) is 10.6. The molecular formula is C21H19N3O. The smallest absolute Gasteiger partial charge is 0.271 e. The lowest BCUT2D eigenvalue weighted by atomic mass is 10.2. The Hall–Kier alpha value is -3.40. The van der Waals surface area contributed by atoms with E-state index in [9.17, 15) is 4.79 Å². The molecule has 0 aliphatic carbocycles. The van der Waals surface area contributed by atoms with Gasteiger partial charge in [-0.3, -0.25) is 4.79 Å². The van der Waals surface area contributed by atoms with Crippen LogP contribution in [0.25, 0.3) is 0 Å². The summed E-state index contributed by atoms with van der Waals surface area (Å²) in [6.45, 7) is 0. The van der Waals surface area contributed by atoms with Crippen molar-refractivity contribution in [2.45, 2.75) is 0 Å². The molecular weight excluding hydrogens is 310 g/mol. The molecule has 1 amide bonds. The molecule has 0 atom stereocenters. The molecule has 0 spiro atoms. The average Bonchev–Trinajstić information content (AvgIpc) is 2.69. The first kappa shape index (κ1) is 16.5. The highest BCUT2D eigenvalue weighted by Gasteiger charge is 2.03. The number of carbonyl (C=O) groups excluding carboxylic acids is 1. The lowest BCUT2D eigenvalue weighted by Gasteiger charge is -2.19. The predicted molar refractivity (Wildman–Crippen MR) is 102 cm³/mol. The van der Waals surface area contributed by atoms with Gasteiger partial charge in [-0.15, -0.1) is 0 Å². The van der Waals surface area contributed by atoms with E-state index in [1.165, 1.54) is 0 Å². The van der Waals surface area contributed by atoms with E-state index in [1.807, 2.05) is 67.7 Å². The van der Waals surface area contributed by atoms with Crippen LogP contribution in [0.4, 0.5) is 11.4 Å². The Kier molecular flexibility index (Phi) is 5.22. The summed E-state index contributed by atoms with van der Waals surface area (Å²) in [5.41, 5.74) is 6.23. The zero-order chi connectivity index (χ0) is 17.5. The highest BCUT2D eigenvalue weighted by Crippen LogP contribution is 2.22. The fraction of sp³-hybridized carbons (Fsp3) is 0.0476. The molecule has 0 radical (unpaired) electrons. The van der Waals surface area contributed by atoms with Crippen molar-refractivity contribution in [3.8, 4) is 0 Å². The zero-order valence-electron chi connectivity index (χ0n) is 14.0. The van der Waals surface area contributed by atoms with Gasteiger partial charge in [0.2, 0.25) is 0 Å². The topological polar surface area (TPSA) is 44.7 Å². The summed E-state index contributed by atoms with van der Waals surface area (Å²) in [6, 6.07) is 27.1. The Morgan fingerprint density at radius 3 is 2.04 bits per heavy atom. The van der Waals surface area contributed by atoms with Gasteiger partial charge in [-0.05, 0) is 42.0 Å². The molecule has 3 rings (SSSR count). The van der Waals surface area contributed by atoms with Crippen molar-refractivity contribution in [2.24, 2.45) is 5.10 Å². The maximum absolute atomic E-state index is 11.9. The van der Waals surface area contributed by atoms with Crippen LogP contribution in [0.5, 0.6) is 0 Å². The fourth-order valence-electron chi connectivity index (χ4n) is 2.40. The van der Waals surface area contributed by atoms with Crippen LogP contribution in [-0.4, -0.2) is 19.2 Å². The number of hydrogen-bond donors (Lipinski definition) is 1. The molecule has 0 fully saturated rings. The van der Waals surface area contributed by atoms with Crippen LogP contribution in [0.3, 0.4) is 0 Å². The number of para-hydroxylation sites is 1. The van der Waals surface area contributed by atoms with E-state index in [4.69, 9.17) is 0 Å². The van der Waals surface area contributed by atoms with E-state index >= 15 is 0 Å². The SMILES string of the molecule is CN(c1ccccc1)c1ccc(/C=N/NC(=O)c2ccccc2)cc1. The number of amides is 1. The molecule has 124 valence electrons. The van der Waals surface area contributed by atoms with Crippen LogP contribution in [-0.2, 0) is 0 Å². The van der Waals surface area contributed by atoms with Gasteiger partial charge in [0.1, 0.15) is 0 Å². The Balaban J connectivity index is 1.62. The van der Waals surface area contributed by atoms with Gasteiger partial charge in [0.15, 0.2) is 0 Å². The minimum absolute atomic E-state index is 0.225. The van der Waals surface area contributed by atoms with Crippen molar-refractivity contribution >= 4 is 23.5 Å². The summed E-state index contributed by atoms with van der Waals surface area (Å²) in [4.78, 5) is 14.0. The molecule has 1 N–H and O–H groups in total. The minimum Gasteiger partial charge on any atom is -0.345 e. The molecule has 0 aliphatic heterocycles. The van der Waals surface area contributed by atoms with Gasteiger partial charge >= 0.3 is 0 Å². The van der Waals surface area contributed by atoms with Crippen molar-refractivity contribution in [3.63, 3.8) is 0 Å². The fourth-order valence-corrected chi connectivity index (χ4v) is 2.40. The maximum atomic E-state index is 11.9. The van der Waals surface area contributed by atoms with Crippen molar-refractivity contribution in [3.05, 3.63) is 96.1 Å². The third kappa shape index (κ3) is 4.32. The van der Waals surface area contributed by atoms with Crippen LogP contribution in [0.1, 0.15) is 15.9 Å². The Bertz CT molecular complexity index is 843. The summed E-state index contributed by atoms with van der Waals surface area (Å²) in [6.07, 6.45) is 1.63. The van der Waals surface area contributed by atoms with Gasteiger partial charge in [-0.2, -0.15) is 5.10 Å². The van der Waals surface area contributed by atoms with Gasteiger partial charge in [0, 0.05) is 24.0 Å². The van der Waals surface area contributed by atoms with Gasteiger partial charge < -0.3 is 4.90 Å². The highest BCUT2D eigenvalue weighted by atomic mass is 16.2. The van der Waals surface area contributed by atoms with E-state index < -0.39 is 0 Å². The van der Waals surface area contributed by atoms with Crippen molar-refractivity contribution in [2.75, 3.05) is 11.9 Å². The molecule has 3 aromatic rings. The maximum Gasteiger partial charge on any atom is 0.271 e. The molecule has 0 aromatic heterocycles. The second-order valence-electron chi connectivity index (χ2n) is 5.55. The number of benzene rings is 3. The second kappa shape index (κ2) is 7.93. The number of rotatable bonds is 5. The Labute approximate surface area is 147 Å². The third-order valence-electron chi connectivity index (χ3n) is 3.84. The standard InChI is InChI=1S/C21H19N3O/c1-24(19-10-6-3-7-11-19)20-14-12-17(13-15-20)16-22-23-21(25)18-8-4-2-5-9-18/h2-16H,1H3,(H,23,25)/b22-16+. The summed E-state index contributed by atoms with van der Waals surface area (Å²) in [5, 5.41) is 4.01. The van der Waals surface area contributed by atoms with E-state index in [0.29, 0.717) is 5.56 Å². The number of anilines is 2. The monoisotopic (exact) mass is 329 g/mol. The molecule has 4 nitrogen and oxygen atoms in total. The Morgan fingerprint density at radius 2 is 1.40 bits per heavy atom. The number of hydrogen-bond acceptors (Lipinski definition) is 3. The van der Waals surface area contributed by atoms with Gasteiger partial charge in [0.05, 0.1) is 6.21 Å². The van der Waals surface area contributed by atoms with Crippen molar-refractivity contribution in [1.29, 1.82) is 0 Å². The molecule has 0 saturated carbocycles. The first-order valence-electron chi connectivity index (χ1n) is 8.01. The summed E-state index contributed by atoms with van der Waals surface area (Å²) >= 11 is 0. The first-order chi connectivity index (χ1) is 12.2. The molecule has 0 unspecified atom stereocenters. The number of carbonyl (C=O) groups is 1. The second-order valence-corrected chi connectivity index (χ2v) is 5.55. The largest absolute Gasteiger partial charge is 0.345 e. The molecule has 0 aliphatic rings. The molecule has 0 bridgehead atoms. The zero-order valence-corrected chi connectivity index (χ0v) is 14.0. The van der Waals surface area contributed by atoms with Crippen molar-refractivity contribution in [1.82, 2.24) is 5.43 Å². The summed E-state index contributed by atoms with van der Waals surface area (Å²) in [5.74, 6) is -0.225. The summed E-state index contributed by atoms with van der Waals surface area (Å²) in [7, 11) is 2.03. The van der Waals surface area contributed by atoms with Crippen LogP contribution >= 0.6 is 0 Å². The highest BCUT2D eigenvalue weighted by molar-refractivity contribution is 5.94. The minimum atomic E-state index is -0.225. The van der Waals surface area contributed by atoms with Crippen LogP contribution in [0.2, 0.25) is 0 Å². The summed E-state index contributed by atoms with van der Waals surface area (Å²) < 4.78 is 0. The number of nitrogens with one attached hydrogen (secondary N) is 1. The average molecular weight is 329 g/mol.